The third-order valence-electron chi connectivity index (χ3n) is 2.45. The Balaban J connectivity index is 2.17. The van der Waals surface area contributed by atoms with Crippen LogP contribution in [-0.4, -0.2) is 20.1 Å². The minimum Gasteiger partial charge on any atom is -0.506 e. The predicted octanol–water partition coefficient (Wildman–Crippen LogP) is 2.78. The van der Waals surface area contributed by atoms with Crippen molar-refractivity contribution in [2.24, 2.45) is 0 Å². The van der Waals surface area contributed by atoms with Gasteiger partial charge in [-0.2, -0.15) is 4.80 Å². The van der Waals surface area contributed by atoms with E-state index < -0.39 is 0 Å². The van der Waals surface area contributed by atoms with Crippen LogP contribution in [-0.2, 0) is 0 Å². The van der Waals surface area contributed by atoms with E-state index in [4.69, 9.17) is 11.6 Å². The molecule has 0 saturated heterocycles. The molecule has 3 rings (SSSR count). The number of fused-ring (bicyclic) bond motifs is 1. The predicted molar refractivity (Wildman–Crippen MR) is 65.5 cm³/mol. The first kappa shape index (κ1) is 10.1. The van der Waals surface area contributed by atoms with Gasteiger partial charge in [0, 0.05) is 0 Å². The molecule has 1 aromatic heterocycles. The van der Waals surface area contributed by atoms with Gasteiger partial charge < -0.3 is 5.11 Å². The fraction of sp³-hybridized carbons (Fsp3) is 0. The Morgan fingerprint density at radius 3 is 2.24 bits per heavy atom. The molecule has 4 nitrogen and oxygen atoms in total. The number of benzene rings is 2. The highest BCUT2D eigenvalue weighted by Crippen LogP contribution is 2.25. The van der Waals surface area contributed by atoms with E-state index >= 15 is 0 Å². The summed E-state index contributed by atoms with van der Waals surface area (Å²) in [7, 11) is 0. The monoisotopic (exact) mass is 245 g/mol. The SMILES string of the molecule is Oc1ccc(-n2nc3ccccc3n2)cc1Cl. The van der Waals surface area contributed by atoms with E-state index in [0.29, 0.717) is 5.69 Å². The van der Waals surface area contributed by atoms with E-state index in [1.807, 2.05) is 24.3 Å². The molecule has 5 heteroatoms. The second-order valence-electron chi connectivity index (χ2n) is 3.61. The van der Waals surface area contributed by atoms with Gasteiger partial charge in [-0.15, -0.1) is 10.2 Å². The lowest BCUT2D eigenvalue weighted by molar-refractivity contribution is 0.475. The van der Waals surface area contributed by atoms with E-state index in [9.17, 15) is 5.11 Å². The van der Waals surface area contributed by atoms with Gasteiger partial charge in [-0.1, -0.05) is 23.7 Å². The Kier molecular flexibility index (Phi) is 2.23. The van der Waals surface area contributed by atoms with Crippen molar-refractivity contribution in [2.45, 2.75) is 0 Å². The van der Waals surface area contributed by atoms with Gasteiger partial charge in [-0.05, 0) is 30.3 Å². The first-order valence-electron chi connectivity index (χ1n) is 5.05. The standard InChI is InChI=1S/C12H8ClN3O/c13-9-7-8(5-6-12(9)17)16-14-10-3-1-2-4-11(10)15-16/h1-7,17H. The number of halogens is 1. The van der Waals surface area contributed by atoms with Crippen molar-refractivity contribution in [3.05, 3.63) is 47.5 Å². The minimum atomic E-state index is 0.0483. The quantitative estimate of drug-likeness (QED) is 0.717. The molecule has 0 aliphatic heterocycles. The van der Waals surface area contributed by atoms with E-state index in [1.165, 1.54) is 10.9 Å². The molecule has 1 N–H and O–H groups in total. The molecule has 0 saturated carbocycles. The highest BCUT2D eigenvalue weighted by atomic mass is 35.5. The molecule has 0 spiro atoms. The summed E-state index contributed by atoms with van der Waals surface area (Å²) >= 11 is 5.84. The maximum atomic E-state index is 9.35. The van der Waals surface area contributed by atoms with Gasteiger partial charge in [0.2, 0.25) is 0 Å². The lowest BCUT2D eigenvalue weighted by Crippen LogP contribution is -1.97. The topological polar surface area (TPSA) is 50.9 Å². The summed E-state index contributed by atoms with van der Waals surface area (Å²) in [5.74, 6) is 0.0483. The van der Waals surface area contributed by atoms with Crippen LogP contribution in [0.25, 0.3) is 16.7 Å². The molecule has 84 valence electrons. The lowest BCUT2D eigenvalue weighted by atomic mass is 10.3. The summed E-state index contributed by atoms with van der Waals surface area (Å²) in [5.41, 5.74) is 2.34. The Morgan fingerprint density at radius 1 is 1.00 bits per heavy atom. The van der Waals surface area contributed by atoms with E-state index in [1.54, 1.807) is 12.1 Å². The number of nitrogens with zero attached hydrogens (tertiary/aromatic N) is 3. The summed E-state index contributed by atoms with van der Waals surface area (Å²) < 4.78 is 0. The van der Waals surface area contributed by atoms with Crippen molar-refractivity contribution in [1.29, 1.82) is 0 Å². The Hall–Kier alpha value is -2.07. The number of hydrogen-bond acceptors (Lipinski definition) is 3. The van der Waals surface area contributed by atoms with E-state index in [2.05, 4.69) is 10.2 Å². The summed E-state index contributed by atoms with van der Waals surface area (Å²) in [5, 5.41) is 18.3. The highest BCUT2D eigenvalue weighted by Gasteiger charge is 2.06. The maximum absolute atomic E-state index is 9.35. The first-order valence-corrected chi connectivity index (χ1v) is 5.43. The fourth-order valence-electron chi connectivity index (χ4n) is 1.60. The zero-order valence-electron chi connectivity index (χ0n) is 8.71. The molecular weight excluding hydrogens is 238 g/mol. The number of aromatic nitrogens is 3. The number of rotatable bonds is 1. The number of aromatic hydroxyl groups is 1. The molecule has 0 aliphatic rings. The van der Waals surface area contributed by atoms with Crippen LogP contribution in [0.2, 0.25) is 5.02 Å². The highest BCUT2D eigenvalue weighted by molar-refractivity contribution is 6.32. The molecule has 0 radical (unpaired) electrons. The smallest absolute Gasteiger partial charge is 0.134 e. The molecule has 0 amide bonds. The van der Waals surface area contributed by atoms with Crippen molar-refractivity contribution in [1.82, 2.24) is 15.0 Å². The van der Waals surface area contributed by atoms with Crippen molar-refractivity contribution < 1.29 is 5.11 Å². The molecular formula is C12H8ClN3O. The van der Waals surface area contributed by atoms with Crippen molar-refractivity contribution in [3.8, 4) is 11.4 Å². The van der Waals surface area contributed by atoms with Gasteiger partial charge in [0.25, 0.3) is 0 Å². The number of phenols is 1. The Morgan fingerprint density at radius 2 is 1.65 bits per heavy atom. The van der Waals surface area contributed by atoms with Crippen LogP contribution in [0, 0.1) is 0 Å². The molecule has 3 aromatic rings. The molecule has 0 fully saturated rings. The van der Waals surface area contributed by atoms with Gasteiger partial charge >= 0.3 is 0 Å². The first-order chi connectivity index (χ1) is 8.24. The average Bonchev–Trinajstić information content (AvgIpc) is 2.76. The molecule has 1 heterocycles. The van der Waals surface area contributed by atoms with Gasteiger partial charge in [0.15, 0.2) is 0 Å². The minimum absolute atomic E-state index is 0.0483. The van der Waals surface area contributed by atoms with Gasteiger partial charge in [-0.3, -0.25) is 0 Å². The largest absolute Gasteiger partial charge is 0.506 e. The molecule has 2 aromatic carbocycles. The molecule has 0 atom stereocenters. The van der Waals surface area contributed by atoms with Gasteiger partial charge in [0.1, 0.15) is 16.8 Å². The third kappa shape index (κ3) is 1.72. The van der Waals surface area contributed by atoms with Crippen LogP contribution in [0.15, 0.2) is 42.5 Å². The summed E-state index contributed by atoms with van der Waals surface area (Å²) in [6.07, 6.45) is 0. The number of hydrogen-bond donors (Lipinski definition) is 1. The second-order valence-corrected chi connectivity index (χ2v) is 4.02. The molecule has 0 bridgehead atoms. The van der Waals surface area contributed by atoms with Gasteiger partial charge in [-0.25, -0.2) is 0 Å². The summed E-state index contributed by atoms with van der Waals surface area (Å²) in [6.45, 7) is 0. The van der Waals surface area contributed by atoms with Gasteiger partial charge in [0.05, 0.1) is 10.7 Å². The normalized spacial score (nSPS) is 10.9. The Bertz CT molecular complexity index is 660. The van der Waals surface area contributed by atoms with Crippen LogP contribution in [0.1, 0.15) is 0 Å². The molecule has 0 unspecified atom stereocenters. The number of phenolic OH excluding ortho intramolecular Hbond substituents is 1. The van der Waals surface area contributed by atoms with Crippen molar-refractivity contribution in [2.75, 3.05) is 0 Å². The summed E-state index contributed by atoms with van der Waals surface area (Å²) in [4.78, 5) is 1.50. The molecule has 17 heavy (non-hydrogen) atoms. The second kappa shape index (κ2) is 3.75. The zero-order chi connectivity index (χ0) is 11.8. The van der Waals surface area contributed by atoms with Crippen LogP contribution in [0.5, 0.6) is 5.75 Å². The fourth-order valence-corrected chi connectivity index (χ4v) is 1.77. The maximum Gasteiger partial charge on any atom is 0.134 e. The lowest BCUT2D eigenvalue weighted by Gasteiger charge is -2.00. The molecule has 0 aliphatic carbocycles. The van der Waals surface area contributed by atoms with Crippen molar-refractivity contribution >= 4 is 22.6 Å². The van der Waals surface area contributed by atoms with Crippen LogP contribution < -0.4 is 0 Å². The average molecular weight is 246 g/mol. The van der Waals surface area contributed by atoms with Crippen LogP contribution >= 0.6 is 11.6 Å². The zero-order valence-corrected chi connectivity index (χ0v) is 9.46. The van der Waals surface area contributed by atoms with Crippen LogP contribution in [0.3, 0.4) is 0 Å². The third-order valence-corrected chi connectivity index (χ3v) is 2.75. The Labute approximate surface area is 102 Å². The van der Waals surface area contributed by atoms with Crippen molar-refractivity contribution in [3.63, 3.8) is 0 Å². The summed E-state index contributed by atoms with van der Waals surface area (Å²) in [6, 6.07) is 12.4. The van der Waals surface area contributed by atoms with Crippen LogP contribution in [0.4, 0.5) is 0 Å². The van der Waals surface area contributed by atoms with E-state index in [-0.39, 0.29) is 10.8 Å². The van der Waals surface area contributed by atoms with E-state index in [0.717, 1.165) is 11.0 Å².